The van der Waals surface area contributed by atoms with Gasteiger partial charge in [0.2, 0.25) is 5.95 Å². The van der Waals surface area contributed by atoms with E-state index >= 15 is 0 Å². The molecule has 3 aromatic rings. The number of benzene rings is 2. The van der Waals surface area contributed by atoms with Crippen molar-refractivity contribution in [3.8, 4) is 5.75 Å². The van der Waals surface area contributed by atoms with Crippen LogP contribution in [0.1, 0.15) is 70.5 Å². The van der Waals surface area contributed by atoms with E-state index < -0.39 is 6.36 Å². The van der Waals surface area contributed by atoms with E-state index in [9.17, 15) is 13.2 Å². The highest BCUT2D eigenvalue weighted by atomic mass is 19.4. The van der Waals surface area contributed by atoms with Crippen LogP contribution in [0.5, 0.6) is 5.75 Å². The van der Waals surface area contributed by atoms with E-state index in [4.69, 9.17) is 4.98 Å². The number of fused-ring (bicyclic) bond motifs is 1. The third-order valence-electron chi connectivity index (χ3n) is 6.74. The number of aromatic nitrogens is 2. The molecule has 1 aromatic heterocycles. The van der Waals surface area contributed by atoms with Crippen LogP contribution in [0.15, 0.2) is 36.4 Å². The van der Waals surface area contributed by atoms with Crippen molar-refractivity contribution in [1.82, 2.24) is 9.55 Å². The smallest absolute Gasteiger partial charge is 0.406 e. The fraction of sp³-hybridized carbons (Fsp3) is 0.519. The first-order valence-electron chi connectivity index (χ1n) is 12.1. The van der Waals surface area contributed by atoms with E-state index in [1.807, 2.05) is 0 Å². The van der Waals surface area contributed by atoms with Crippen molar-refractivity contribution in [2.24, 2.45) is 11.3 Å². The number of halogens is 3. The second-order valence-corrected chi connectivity index (χ2v) is 10.6. The van der Waals surface area contributed by atoms with Crippen LogP contribution in [0.3, 0.4) is 0 Å². The molecule has 1 heterocycles. The van der Waals surface area contributed by atoms with Crippen LogP contribution in [0.2, 0.25) is 0 Å². The van der Waals surface area contributed by atoms with Gasteiger partial charge in [0.25, 0.3) is 0 Å². The summed E-state index contributed by atoms with van der Waals surface area (Å²) in [5.41, 5.74) is 5.51. The first-order valence-corrected chi connectivity index (χ1v) is 12.1. The molecule has 2 aromatic carbocycles. The molecule has 0 spiro atoms. The van der Waals surface area contributed by atoms with E-state index in [2.05, 4.69) is 61.4 Å². The molecule has 0 unspecified atom stereocenters. The van der Waals surface area contributed by atoms with E-state index in [0.29, 0.717) is 11.6 Å². The van der Waals surface area contributed by atoms with Gasteiger partial charge in [0.05, 0.1) is 11.0 Å². The van der Waals surface area contributed by atoms with Crippen molar-refractivity contribution in [3.63, 3.8) is 0 Å². The Morgan fingerprint density at radius 1 is 1.15 bits per heavy atom. The van der Waals surface area contributed by atoms with Crippen molar-refractivity contribution in [2.45, 2.75) is 79.1 Å². The van der Waals surface area contributed by atoms with Gasteiger partial charge >= 0.3 is 6.36 Å². The molecule has 1 aliphatic carbocycles. The normalized spacial score (nSPS) is 20.5. The van der Waals surface area contributed by atoms with Crippen LogP contribution < -0.4 is 10.1 Å². The van der Waals surface area contributed by atoms with Crippen molar-refractivity contribution in [1.29, 1.82) is 0 Å². The first kappa shape index (κ1) is 24.4. The van der Waals surface area contributed by atoms with Gasteiger partial charge in [-0.15, -0.1) is 13.2 Å². The van der Waals surface area contributed by atoms with E-state index in [0.717, 1.165) is 42.7 Å². The summed E-state index contributed by atoms with van der Waals surface area (Å²) in [6.45, 7) is 11.3. The standard InChI is InChI=1S/C27H34F3N3O/c1-6-7-19-14-23-24(13-18(19)3)33(21-12-17(2)15-26(4,5)16-21)25(32-23)31-20-8-10-22(11-9-20)34-27(28,29)30/h8-11,13-14,17,21H,6-7,12,15-16H2,1-5H3,(H,31,32)/t17-,21+/m1/s1. The SMILES string of the molecule is CCCc1cc2nc(Nc3ccc(OC(F)(F)F)cc3)n([C@H]3C[C@@H](C)CC(C)(C)C3)c2cc1C. The maximum Gasteiger partial charge on any atom is 0.573 e. The number of hydrogen-bond donors (Lipinski definition) is 1. The third kappa shape index (κ3) is 5.50. The summed E-state index contributed by atoms with van der Waals surface area (Å²) in [5.74, 6) is 1.08. The van der Waals surface area contributed by atoms with Crippen LogP contribution >= 0.6 is 0 Å². The Morgan fingerprint density at radius 2 is 1.85 bits per heavy atom. The lowest BCUT2D eigenvalue weighted by Crippen LogP contribution is -2.29. The van der Waals surface area contributed by atoms with E-state index in [1.165, 1.54) is 29.7 Å². The van der Waals surface area contributed by atoms with Gasteiger partial charge in [-0.25, -0.2) is 4.98 Å². The summed E-state index contributed by atoms with van der Waals surface area (Å²) in [4.78, 5) is 4.96. The molecule has 1 N–H and O–H groups in total. The fourth-order valence-electron chi connectivity index (χ4n) is 5.65. The molecule has 0 aliphatic heterocycles. The minimum Gasteiger partial charge on any atom is -0.406 e. The van der Waals surface area contributed by atoms with Gasteiger partial charge in [0, 0.05) is 11.7 Å². The van der Waals surface area contributed by atoms with Gasteiger partial charge in [-0.1, -0.05) is 34.1 Å². The Hall–Kier alpha value is -2.70. The monoisotopic (exact) mass is 473 g/mol. The molecule has 1 aliphatic rings. The Bertz CT molecular complexity index is 1150. The number of aryl methyl sites for hydroxylation is 2. The molecule has 0 saturated heterocycles. The van der Waals surface area contributed by atoms with Gasteiger partial charge in [-0.05, 0) is 91.5 Å². The van der Waals surface area contributed by atoms with Gasteiger partial charge in [-0.2, -0.15) is 0 Å². The highest BCUT2D eigenvalue weighted by molar-refractivity contribution is 5.82. The molecular formula is C27H34F3N3O. The molecule has 0 bridgehead atoms. The topological polar surface area (TPSA) is 39.1 Å². The Morgan fingerprint density at radius 3 is 2.47 bits per heavy atom. The summed E-state index contributed by atoms with van der Waals surface area (Å²) in [6, 6.07) is 10.5. The van der Waals surface area contributed by atoms with Gasteiger partial charge in [-0.3, -0.25) is 0 Å². The number of rotatable bonds is 6. The number of nitrogens with one attached hydrogen (secondary N) is 1. The van der Waals surface area contributed by atoms with Crippen molar-refractivity contribution in [2.75, 3.05) is 5.32 Å². The van der Waals surface area contributed by atoms with Crippen LogP contribution in [0.25, 0.3) is 11.0 Å². The molecule has 4 rings (SSSR count). The number of hydrogen-bond acceptors (Lipinski definition) is 3. The molecule has 0 amide bonds. The van der Waals surface area contributed by atoms with Crippen LogP contribution in [-0.2, 0) is 6.42 Å². The molecule has 34 heavy (non-hydrogen) atoms. The molecule has 0 radical (unpaired) electrons. The first-order chi connectivity index (χ1) is 15.9. The van der Waals surface area contributed by atoms with Crippen LogP contribution in [0, 0.1) is 18.3 Å². The minimum atomic E-state index is -4.71. The Labute approximate surface area is 199 Å². The third-order valence-corrected chi connectivity index (χ3v) is 6.74. The average molecular weight is 474 g/mol. The summed E-state index contributed by atoms with van der Waals surface area (Å²) >= 11 is 0. The maximum absolute atomic E-state index is 12.5. The van der Waals surface area contributed by atoms with E-state index in [-0.39, 0.29) is 17.2 Å². The average Bonchev–Trinajstić information content (AvgIpc) is 3.04. The molecule has 4 nitrogen and oxygen atoms in total. The highest BCUT2D eigenvalue weighted by Crippen LogP contribution is 2.46. The number of imidazole rings is 1. The lowest BCUT2D eigenvalue weighted by molar-refractivity contribution is -0.274. The second-order valence-electron chi connectivity index (χ2n) is 10.6. The lowest BCUT2D eigenvalue weighted by atomic mass is 9.70. The largest absolute Gasteiger partial charge is 0.573 e. The molecule has 1 saturated carbocycles. The zero-order valence-electron chi connectivity index (χ0n) is 20.6. The maximum atomic E-state index is 12.5. The minimum absolute atomic E-state index is 0.226. The molecule has 2 atom stereocenters. The van der Waals surface area contributed by atoms with Crippen molar-refractivity contribution >= 4 is 22.7 Å². The van der Waals surface area contributed by atoms with E-state index in [1.54, 1.807) is 12.1 Å². The lowest BCUT2D eigenvalue weighted by Gasteiger charge is -2.40. The van der Waals surface area contributed by atoms with Crippen molar-refractivity contribution < 1.29 is 17.9 Å². The zero-order valence-corrected chi connectivity index (χ0v) is 20.6. The predicted octanol–water partition coefficient (Wildman–Crippen LogP) is 8.33. The summed E-state index contributed by atoms with van der Waals surface area (Å²) < 4.78 is 43.9. The number of anilines is 2. The summed E-state index contributed by atoms with van der Waals surface area (Å²) in [5, 5.41) is 3.38. The van der Waals surface area contributed by atoms with Crippen LogP contribution in [-0.4, -0.2) is 15.9 Å². The quantitative estimate of drug-likeness (QED) is 0.391. The van der Waals surface area contributed by atoms with Gasteiger partial charge in [0.15, 0.2) is 0 Å². The van der Waals surface area contributed by atoms with Gasteiger partial charge in [0.1, 0.15) is 5.75 Å². The Balaban J connectivity index is 1.75. The number of alkyl halides is 3. The molecule has 1 fully saturated rings. The van der Waals surface area contributed by atoms with Crippen LogP contribution in [0.4, 0.5) is 24.8 Å². The molecular weight excluding hydrogens is 439 g/mol. The second kappa shape index (κ2) is 9.16. The Kier molecular flexibility index (Phi) is 6.58. The fourth-order valence-corrected chi connectivity index (χ4v) is 5.65. The van der Waals surface area contributed by atoms with Gasteiger partial charge < -0.3 is 14.6 Å². The molecule has 7 heteroatoms. The zero-order chi connectivity index (χ0) is 24.7. The highest BCUT2D eigenvalue weighted by Gasteiger charge is 2.35. The summed E-state index contributed by atoms with van der Waals surface area (Å²) in [6.07, 6.45) is 0.675. The molecule has 184 valence electrons. The number of ether oxygens (including phenoxy) is 1. The number of nitrogens with zero attached hydrogens (tertiary/aromatic N) is 2. The predicted molar refractivity (Wildman–Crippen MR) is 131 cm³/mol. The van der Waals surface area contributed by atoms with Crippen molar-refractivity contribution in [3.05, 3.63) is 47.5 Å². The summed E-state index contributed by atoms with van der Waals surface area (Å²) in [7, 11) is 0.